The van der Waals surface area contributed by atoms with Crippen LogP contribution in [0.4, 0.5) is 0 Å². The van der Waals surface area contributed by atoms with Gasteiger partial charge in [-0.2, -0.15) is 0 Å². The standard InChI is InChI=1S/C11H20O4/c1(2-10-8-12-4-6-14-10)3-11-9-13-5-7-15-11/h10-11H,1-9H2/t10-,11-/m0/s1. The zero-order valence-corrected chi connectivity index (χ0v) is 9.15. The van der Waals surface area contributed by atoms with E-state index in [0.29, 0.717) is 12.2 Å². The molecule has 0 aromatic heterocycles. The van der Waals surface area contributed by atoms with Gasteiger partial charge in [0.05, 0.1) is 51.8 Å². The fourth-order valence-corrected chi connectivity index (χ4v) is 1.98. The van der Waals surface area contributed by atoms with E-state index in [2.05, 4.69) is 0 Å². The summed E-state index contributed by atoms with van der Waals surface area (Å²) >= 11 is 0. The van der Waals surface area contributed by atoms with Gasteiger partial charge in [-0.1, -0.05) is 0 Å². The summed E-state index contributed by atoms with van der Waals surface area (Å²) in [5, 5.41) is 0. The van der Waals surface area contributed by atoms with Crippen molar-refractivity contribution in [3.05, 3.63) is 0 Å². The molecule has 4 nitrogen and oxygen atoms in total. The molecule has 2 aliphatic heterocycles. The topological polar surface area (TPSA) is 36.9 Å². The quantitative estimate of drug-likeness (QED) is 0.702. The van der Waals surface area contributed by atoms with Crippen molar-refractivity contribution in [2.75, 3.05) is 39.6 Å². The van der Waals surface area contributed by atoms with E-state index in [1.165, 1.54) is 0 Å². The van der Waals surface area contributed by atoms with Crippen molar-refractivity contribution >= 4 is 0 Å². The van der Waals surface area contributed by atoms with E-state index in [1.807, 2.05) is 0 Å². The SMILES string of the molecule is C(C[C@H]1COCCO1)C[C@H]1COCCO1. The molecular weight excluding hydrogens is 196 g/mol. The summed E-state index contributed by atoms with van der Waals surface area (Å²) < 4.78 is 21.8. The second-order valence-electron chi connectivity index (χ2n) is 4.07. The van der Waals surface area contributed by atoms with Crippen LogP contribution in [0.5, 0.6) is 0 Å². The van der Waals surface area contributed by atoms with Gasteiger partial charge in [0.2, 0.25) is 0 Å². The number of rotatable bonds is 4. The van der Waals surface area contributed by atoms with Crippen LogP contribution in [0.15, 0.2) is 0 Å². The molecule has 0 amide bonds. The Bertz CT molecular complexity index is 144. The van der Waals surface area contributed by atoms with Gasteiger partial charge in [-0.3, -0.25) is 0 Å². The molecule has 0 aliphatic carbocycles. The largest absolute Gasteiger partial charge is 0.376 e. The molecule has 0 N–H and O–H groups in total. The Kier molecular flexibility index (Phi) is 4.86. The van der Waals surface area contributed by atoms with Crippen LogP contribution < -0.4 is 0 Å². The van der Waals surface area contributed by atoms with Gasteiger partial charge >= 0.3 is 0 Å². The van der Waals surface area contributed by atoms with Crippen LogP contribution in [0.2, 0.25) is 0 Å². The minimum absolute atomic E-state index is 0.295. The lowest BCUT2D eigenvalue weighted by Gasteiger charge is -2.25. The summed E-state index contributed by atoms with van der Waals surface area (Å²) in [6.45, 7) is 4.48. The zero-order chi connectivity index (χ0) is 10.3. The predicted octanol–water partition coefficient (Wildman–Crippen LogP) is 0.987. The fraction of sp³-hybridized carbons (Fsp3) is 1.00. The summed E-state index contributed by atoms with van der Waals surface area (Å²) in [5.74, 6) is 0. The first-order valence-corrected chi connectivity index (χ1v) is 5.84. The fourth-order valence-electron chi connectivity index (χ4n) is 1.98. The highest BCUT2D eigenvalue weighted by Crippen LogP contribution is 2.13. The first-order chi connectivity index (χ1) is 7.45. The van der Waals surface area contributed by atoms with E-state index in [0.717, 1.165) is 58.9 Å². The van der Waals surface area contributed by atoms with E-state index in [-0.39, 0.29) is 0 Å². The summed E-state index contributed by atoms with van der Waals surface area (Å²) in [6, 6.07) is 0. The minimum atomic E-state index is 0.295. The summed E-state index contributed by atoms with van der Waals surface area (Å²) in [4.78, 5) is 0. The Morgan fingerprint density at radius 2 is 1.27 bits per heavy atom. The van der Waals surface area contributed by atoms with Crippen molar-refractivity contribution in [1.29, 1.82) is 0 Å². The Labute approximate surface area is 90.8 Å². The molecule has 88 valence electrons. The highest BCUT2D eigenvalue weighted by atomic mass is 16.6. The third-order valence-corrected chi connectivity index (χ3v) is 2.82. The Balaban J connectivity index is 1.53. The van der Waals surface area contributed by atoms with Crippen molar-refractivity contribution in [3.63, 3.8) is 0 Å². The van der Waals surface area contributed by atoms with Gasteiger partial charge in [-0.15, -0.1) is 0 Å². The average molecular weight is 216 g/mol. The monoisotopic (exact) mass is 216 g/mol. The van der Waals surface area contributed by atoms with Crippen LogP contribution >= 0.6 is 0 Å². The van der Waals surface area contributed by atoms with E-state index in [1.54, 1.807) is 0 Å². The molecule has 0 aromatic carbocycles. The molecule has 0 unspecified atom stereocenters. The second kappa shape index (κ2) is 6.43. The highest BCUT2D eigenvalue weighted by Gasteiger charge is 2.17. The van der Waals surface area contributed by atoms with Gasteiger partial charge < -0.3 is 18.9 Å². The zero-order valence-electron chi connectivity index (χ0n) is 9.15. The Morgan fingerprint density at radius 1 is 0.733 bits per heavy atom. The molecule has 0 spiro atoms. The molecule has 0 bridgehead atoms. The van der Waals surface area contributed by atoms with Crippen molar-refractivity contribution in [1.82, 2.24) is 0 Å². The van der Waals surface area contributed by atoms with Crippen molar-refractivity contribution in [2.24, 2.45) is 0 Å². The van der Waals surface area contributed by atoms with Gasteiger partial charge in [-0.05, 0) is 19.3 Å². The molecule has 4 heteroatoms. The second-order valence-corrected chi connectivity index (χ2v) is 4.07. The Hall–Kier alpha value is -0.160. The average Bonchev–Trinajstić information content (AvgIpc) is 2.32. The van der Waals surface area contributed by atoms with Crippen LogP contribution in [0.3, 0.4) is 0 Å². The molecule has 2 fully saturated rings. The molecular formula is C11H20O4. The third-order valence-electron chi connectivity index (χ3n) is 2.82. The molecule has 2 atom stereocenters. The van der Waals surface area contributed by atoms with Gasteiger partial charge in [0.25, 0.3) is 0 Å². The highest BCUT2D eigenvalue weighted by molar-refractivity contribution is 4.65. The van der Waals surface area contributed by atoms with Gasteiger partial charge in [0.15, 0.2) is 0 Å². The smallest absolute Gasteiger partial charge is 0.0809 e. The normalized spacial score (nSPS) is 32.8. The van der Waals surface area contributed by atoms with Gasteiger partial charge in [0, 0.05) is 0 Å². The molecule has 2 rings (SSSR count). The molecule has 15 heavy (non-hydrogen) atoms. The molecule has 0 aromatic rings. The lowest BCUT2D eigenvalue weighted by molar-refractivity contribution is -0.102. The van der Waals surface area contributed by atoms with E-state index < -0.39 is 0 Å². The number of hydrogen-bond acceptors (Lipinski definition) is 4. The third kappa shape index (κ3) is 4.07. The Morgan fingerprint density at radius 3 is 1.67 bits per heavy atom. The van der Waals surface area contributed by atoms with Crippen LogP contribution in [0.25, 0.3) is 0 Å². The van der Waals surface area contributed by atoms with Crippen LogP contribution in [0.1, 0.15) is 19.3 Å². The maximum atomic E-state index is 5.57. The minimum Gasteiger partial charge on any atom is -0.376 e. The first-order valence-electron chi connectivity index (χ1n) is 5.84. The summed E-state index contributed by atoms with van der Waals surface area (Å²) in [7, 11) is 0. The first kappa shape index (κ1) is 11.3. The molecule has 2 aliphatic rings. The van der Waals surface area contributed by atoms with Gasteiger partial charge in [0.1, 0.15) is 0 Å². The van der Waals surface area contributed by atoms with E-state index in [9.17, 15) is 0 Å². The van der Waals surface area contributed by atoms with Crippen LogP contribution in [0, 0.1) is 0 Å². The predicted molar refractivity (Wildman–Crippen MR) is 55.0 cm³/mol. The summed E-state index contributed by atoms with van der Waals surface area (Å²) in [5.41, 5.74) is 0. The number of ether oxygens (including phenoxy) is 4. The van der Waals surface area contributed by atoms with E-state index >= 15 is 0 Å². The molecule has 0 radical (unpaired) electrons. The van der Waals surface area contributed by atoms with E-state index in [4.69, 9.17) is 18.9 Å². The molecule has 2 saturated heterocycles. The van der Waals surface area contributed by atoms with Crippen molar-refractivity contribution in [2.45, 2.75) is 31.5 Å². The molecule has 2 heterocycles. The maximum absolute atomic E-state index is 5.57. The number of hydrogen-bond donors (Lipinski definition) is 0. The maximum Gasteiger partial charge on any atom is 0.0809 e. The van der Waals surface area contributed by atoms with Gasteiger partial charge in [-0.25, -0.2) is 0 Å². The summed E-state index contributed by atoms with van der Waals surface area (Å²) in [6.07, 6.45) is 3.86. The molecule has 0 saturated carbocycles. The lowest BCUT2D eigenvalue weighted by atomic mass is 10.1. The van der Waals surface area contributed by atoms with Crippen LogP contribution in [-0.4, -0.2) is 51.8 Å². The van der Waals surface area contributed by atoms with Crippen molar-refractivity contribution < 1.29 is 18.9 Å². The van der Waals surface area contributed by atoms with Crippen LogP contribution in [-0.2, 0) is 18.9 Å². The van der Waals surface area contributed by atoms with Crippen molar-refractivity contribution in [3.8, 4) is 0 Å². The lowest BCUT2D eigenvalue weighted by Crippen LogP contribution is -2.30.